The highest BCUT2D eigenvalue weighted by Gasteiger charge is 2.22. The molecule has 3 rings (SSSR count). The summed E-state index contributed by atoms with van der Waals surface area (Å²) in [6.45, 7) is 2.89. The van der Waals surface area contributed by atoms with Crippen LogP contribution in [0.25, 0.3) is 11.5 Å². The van der Waals surface area contributed by atoms with E-state index in [1.165, 1.54) is 6.42 Å². The molecule has 0 amide bonds. The Morgan fingerprint density at radius 2 is 2.21 bits per heavy atom. The quantitative estimate of drug-likeness (QED) is 0.901. The van der Waals surface area contributed by atoms with Gasteiger partial charge in [-0.3, -0.25) is 4.90 Å². The van der Waals surface area contributed by atoms with Crippen molar-refractivity contribution in [1.29, 1.82) is 0 Å². The Bertz CT molecular complexity index is 525. The van der Waals surface area contributed by atoms with Gasteiger partial charge in [-0.15, -0.1) is 0 Å². The van der Waals surface area contributed by atoms with Crippen molar-refractivity contribution in [3.05, 3.63) is 36.2 Å². The normalized spacial score (nSPS) is 19.9. The van der Waals surface area contributed by atoms with E-state index in [0.717, 1.165) is 31.0 Å². The van der Waals surface area contributed by atoms with Crippen LogP contribution in [0.4, 0.5) is 0 Å². The molecule has 0 radical (unpaired) electrons. The summed E-state index contributed by atoms with van der Waals surface area (Å²) in [5.41, 5.74) is 0.968. The molecule has 0 aliphatic carbocycles. The minimum absolute atomic E-state index is 0.584. The predicted octanol–water partition coefficient (Wildman–Crippen LogP) is 1.53. The first-order valence-corrected chi connectivity index (χ1v) is 6.63. The SMILES string of the molecule is CNC1CCN(Cc2noc(-c3ccccc3)n2)C1. The van der Waals surface area contributed by atoms with Gasteiger partial charge in [0, 0.05) is 24.7 Å². The van der Waals surface area contributed by atoms with Crippen LogP contribution in [0, 0.1) is 0 Å². The topological polar surface area (TPSA) is 54.2 Å². The number of benzene rings is 1. The lowest BCUT2D eigenvalue weighted by Gasteiger charge is -2.12. The van der Waals surface area contributed by atoms with Gasteiger partial charge in [-0.25, -0.2) is 0 Å². The molecule has 100 valence electrons. The Hall–Kier alpha value is -1.72. The molecule has 2 aromatic rings. The molecule has 0 spiro atoms. The second kappa shape index (κ2) is 5.50. The standard InChI is InChI=1S/C14H18N4O/c1-15-12-7-8-18(9-12)10-13-16-14(19-17-13)11-5-3-2-4-6-11/h2-6,12,15H,7-10H2,1H3. The van der Waals surface area contributed by atoms with E-state index < -0.39 is 0 Å². The van der Waals surface area contributed by atoms with Crippen molar-refractivity contribution in [2.45, 2.75) is 19.0 Å². The van der Waals surface area contributed by atoms with Crippen LogP contribution in [-0.2, 0) is 6.54 Å². The first-order valence-electron chi connectivity index (χ1n) is 6.63. The van der Waals surface area contributed by atoms with Gasteiger partial charge in [0.2, 0.25) is 0 Å². The van der Waals surface area contributed by atoms with Gasteiger partial charge in [0.25, 0.3) is 5.89 Å². The lowest BCUT2D eigenvalue weighted by molar-refractivity contribution is 0.305. The lowest BCUT2D eigenvalue weighted by Crippen LogP contribution is -2.29. The Balaban J connectivity index is 1.66. The Morgan fingerprint density at radius 1 is 1.37 bits per heavy atom. The van der Waals surface area contributed by atoms with Crippen molar-refractivity contribution >= 4 is 0 Å². The molecule has 1 unspecified atom stereocenters. The highest BCUT2D eigenvalue weighted by Crippen LogP contribution is 2.17. The van der Waals surface area contributed by atoms with E-state index in [2.05, 4.69) is 20.4 Å². The molecule has 1 fully saturated rings. The van der Waals surface area contributed by atoms with Crippen LogP contribution < -0.4 is 5.32 Å². The number of hydrogen-bond acceptors (Lipinski definition) is 5. The molecule has 19 heavy (non-hydrogen) atoms. The number of rotatable bonds is 4. The van der Waals surface area contributed by atoms with Crippen LogP contribution in [-0.4, -0.2) is 41.2 Å². The van der Waals surface area contributed by atoms with Crippen molar-refractivity contribution in [1.82, 2.24) is 20.4 Å². The molecule has 1 aromatic carbocycles. The van der Waals surface area contributed by atoms with Crippen LogP contribution in [0.1, 0.15) is 12.2 Å². The van der Waals surface area contributed by atoms with Gasteiger partial charge < -0.3 is 9.84 Å². The van der Waals surface area contributed by atoms with E-state index in [4.69, 9.17) is 4.52 Å². The summed E-state index contributed by atoms with van der Waals surface area (Å²) in [5, 5.41) is 7.36. The van der Waals surface area contributed by atoms with E-state index >= 15 is 0 Å². The molecule has 5 heteroatoms. The molecule has 1 aromatic heterocycles. The molecule has 2 heterocycles. The number of hydrogen-bond donors (Lipinski definition) is 1. The highest BCUT2D eigenvalue weighted by molar-refractivity contribution is 5.51. The predicted molar refractivity (Wildman–Crippen MR) is 72.5 cm³/mol. The zero-order valence-electron chi connectivity index (χ0n) is 11.0. The van der Waals surface area contributed by atoms with Crippen molar-refractivity contribution in [2.75, 3.05) is 20.1 Å². The van der Waals surface area contributed by atoms with Gasteiger partial charge in [-0.05, 0) is 25.6 Å². The molecule has 5 nitrogen and oxygen atoms in total. The fourth-order valence-electron chi connectivity index (χ4n) is 2.43. The minimum Gasteiger partial charge on any atom is -0.334 e. The van der Waals surface area contributed by atoms with Crippen molar-refractivity contribution in [3.8, 4) is 11.5 Å². The first-order chi connectivity index (χ1) is 9.35. The molecule has 0 saturated carbocycles. The number of likely N-dealkylation sites (N-methyl/N-ethyl adjacent to an activating group) is 1. The zero-order valence-corrected chi connectivity index (χ0v) is 11.0. The average Bonchev–Trinajstić information content (AvgIpc) is 3.09. The second-order valence-electron chi connectivity index (χ2n) is 4.89. The van der Waals surface area contributed by atoms with E-state index in [9.17, 15) is 0 Å². The van der Waals surface area contributed by atoms with Crippen molar-refractivity contribution in [2.24, 2.45) is 0 Å². The average molecular weight is 258 g/mol. The summed E-state index contributed by atoms with van der Waals surface area (Å²) in [6, 6.07) is 10.5. The largest absolute Gasteiger partial charge is 0.334 e. The van der Waals surface area contributed by atoms with Crippen LogP contribution in [0.5, 0.6) is 0 Å². The maximum Gasteiger partial charge on any atom is 0.257 e. The van der Waals surface area contributed by atoms with E-state index in [0.29, 0.717) is 11.9 Å². The van der Waals surface area contributed by atoms with Crippen molar-refractivity contribution in [3.63, 3.8) is 0 Å². The molecule has 1 saturated heterocycles. The fourth-order valence-corrected chi connectivity index (χ4v) is 2.43. The summed E-state index contributed by atoms with van der Waals surface area (Å²) in [4.78, 5) is 6.80. The number of nitrogens with one attached hydrogen (secondary N) is 1. The third-order valence-electron chi connectivity index (χ3n) is 3.53. The molecular formula is C14H18N4O. The first kappa shape index (κ1) is 12.3. The van der Waals surface area contributed by atoms with Crippen LogP contribution >= 0.6 is 0 Å². The van der Waals surface area contributed by atoms with E-state index in [1.54, 1.807) is 0 Å². The summed E-state index contributed by atoms with van der Waals surface area (Å²) in [5.74, 6) is 1.36. The Morgan fingerprint density at radius 3 is 2.95 bits per heavy atom. The van der Waals surface area contributed by atoms with Gasteiger partial charge in [-0.1, -0.05) is 23.4 Å². The monoisotopic (exact) mass is 258 g/mol. The van der Waals surface area contributed by atoms with Gasteiger partial charge >= 0.3 is 0 Å². The number of nitrogens with zero attached hydrogens (tertiary/aromatic N) is 3. The number of aromatic nitrogens is 2. The zero-order chi connectivity index (χ0) is 13.1. The molecule has 1 N–H and O–H groups in total. The minimum atomic E-state index is 0.584. The molecule has 1 aliphatic heterocycles. The highest BCUT2D eigenvalue weighted by atomic mass is 16.5. The maximum atomic E-state index is 5.31. The fraction of sp³-hybridized carbons (Fsp3) is 0.429. The Kier molecular flexibility index (Phi) is 3.57. The third kappa shape index (κ3) is 2.83. The van der Waals surface area contributed by atoms with Gasteiger partial charge in [0.05, 0.1) is 6.54 Å². The molecule has 1 atom stereocenters. The lowest BCUT2D eigenvalue weighted by atomic mass is 10.2. The van der Waals surface area contributed by atoms with Gasteiger partial charge in [-0.2, -0.15) is 4.98 Å². The van der Waals surface area contributed by atoms with Gasteiger partial charge in [0.15, 0.2) is 5.82 Å². The van der Waals surface area contributed by atoms with Gasteiger partial charge in [0.1, 0.15) is 0 Å². The third-order valence-corrected chi connectivity index (χ3v) is 3.53. The summed E-state index contributed by atoms with van der Waals surface area (Å²) >= 11 is 0. The van der Waals surface area contributed by atoms with Crippen molar-refractivity contribution < 1.29 is 4.52 Å². The second-order valence-corrected chi connectivity index (χ2v) is 4.89. The van der Waals surface area contributed by atoms with E-state index in [-0.39, 0.29) is 0 Å². The van der Waals surface area contributed by atoms with Crippen LogP contribution in [0.3, 0.4) is 0 Å². The number of likely N-dealkylation sites (tertiary alicyclic amines) is 1. The van der Waals surface area contributed by atoms with E-state index in [1.807, 2.05) is 37.4 Å². The molecule has 0 bridgehead atoms. The summed E-state index contributed by atoms with van der Waals surface area (Å²) in [6.07, 6.45) is 1.18. The summed E-state index contributed by atoms with van der Waals surface area (Å²) in [7, 11) is 2.01. The maximum absolute atomic E-state index is 5.31. The smallest absolute Gasteiger partial charge is 0.257 e. The molecular weight excluding hydrogens is 240 g/mol. The van der Waals surface area contributed by atoms with Crippen LogP contribution in [0.15, 0.2) is 34.9 Å². The Labute approximate surface area is 112 Å². The molecule has 1 aliphatic rings. The summed E-state index contributed by atoms with van der Waals surface area (Å²) < 4.78 is 5.31. The van der Waals surface area contributed by atoms with Crippen LogP contribution in [0.2, 0.25) is 0 Å².